The zero-order valence-corrected chi connectivity index (χ0v) is 15.8. The maximum absolute atomic E-state index is 12.8. The second-order valence-electron chi connectivity index (χ2n) is 6.10. The average molecular weight is 376 g/mol. The lowest BCUT2D eigenvalue weighted by Gasteiger charge is -2.13. The Morgan fingerprint density at radius 2 is 1.43 bits per heavy atom. The van der Waals surface area contributed by atoms with Crippen LogP contribution in [-0.4, -0.2) is 28.9 Å². The largest absolute Gasteiger partial charge is 0.496 e. The highest BCUT2D eigenvalue weighted by Crippen LogP contribution is 2.23. The average Bonchev–Trinajstić information content (AvgIpc) is 2.70. The Morgan fingerprint density at radius 3 is 1.96 bits per heavy atom. The number of rotatable bonds is 5. The zero-order valence-electron chi connectivity index (χ0n) is 15.8. The predicted molar refractivity (Wildman–Crippen MR) is 107 cm³/mol. The van der Waals surface area contributed by atoms with Crippen LogP contribution in [0.5, 0.6) is 5.75 Å². The first kappa shape index (κ1) is 19.0. The van der Waals surface area contributed by atoms with Crippen molar-refractivity contribution < 1.29 is 14.3 Å². The zero-order chi connectivity index (χ0) is 20.1. The van der Waals surface area contributed by atoms with Gasteiger partial charge in [0.15, 0.2) is 0 Å². The number of ether oxygens (including phenoxy) is 1. The standard InChI is InChI=1S/C21H20N4O3/c1-13-17(6-4-10-22-13)24-20(26)15-8-9-19(28-3)16(12-15)21(27)25-18-7-5-11-23-14(18)2/h4-12H,1-3H3,(H,24,26)(H,25,27). The molecule has 0 unspecified atom stereocenters. The van der Waals surface area contributed by atoms with Gasteiger partial charge in [-0.25, -0.2) is 0 Å². The molecule has 2 aromatic heterocycles. The molecule has 2 heterocycles. The van der Waals surface area contributed by atoms with Crippen LogP contribution in [0.15, 0.2) is 54.9 Å². The number of carbonyl (C=O) groups excluding carboxylic acids is 2. The van der Waals surface area contributed by atoms with Gasteiger partial charge in [0.25, 0.3) is 11.8 Å². The van der Waals surface area contributed by atoms with Crippen molar-refractivity contribution in [2.45, 2.75) is 13.8 Å². The van der Waals surface area contributed by atoms with E-state index < -0.39 is 0 Å². The summed E-state index contributed by atoms with van der Waals surface area (Å²) < 4.78 is 5.29. The predicted octanol–water partition coefficient (Wildman–Crippen LogP) is 3.61. The van der Waals surface area contributed by atoms with Crippen LogP contribution in [0.4, 0.5) is 11.4 Å². The van der Waals surface area contributed by atoms with Gasteiger partial charge in [-0.05, 0) is 56.3 Å². The third-order valence-electron chi connectivity index (χ3n) is 4.22. The van der Waals surface area contributed by atoms with Crippen LogP contribution >= 0.6 is 0 Å². The minimum atomic E-state index is -0.389. The van der Waals surface area contributed by atoms with Crippen molar-refractivity contribution in [3.63, 3.8) is 0 Å². The number of nitrogens with zero attached hydrogens (tertiary/aromatic N) is 2. The van der Waals surface area contributed by atoms with Crippen molar-refractivity contribution >= 4 is 23.2 Å². The second kappa shape index (κ2) is 8.30. The third-order valence-corrected chi connectivity index (χ3v) is 4.22. The summed E-state index contributed by atoms with van der Waals surface area (Å²) in [5.74, 6) is -0.362. The summed E-state index contributed by atoms with van der Waals surface area (Å²) >= 11 is 0. The first-order valence-electron chi connectivity index (χ1n) is 8.63. The number of hydrogen-bond donors (Lipinski definition) is 2. The summed E-state index contributed by atoms with van der Waals surface area (Å²) in [7, 11) is 1.47. The van der Waals surface area contributed by atoms with Crippen molar-refractivity contribution in [2.75, 3.05) is 17.7 Å². The Labute approximate surface area is 162 Å². The van der Waals surface area contributed by atoms with Gasteiger partial charge in [0.05, 0.1) is 35.4 Å². The molecule has 142 valence electrons. The molecule has 0 radical (unpaired) electrons. The normalized spacial score (nSPS) is 10.2. The van der Waals surface area contributed by atoms with Gasteiger partial charge in [-0.2, -0.15) is 0 Å². The number of aromatic nitrogens is 2. The van der Waals surface area contributed by atoms with Gasteiger partial charge < -0.3 is 15.4 Å². The number of amides is 2. The van der Waals surface area contributed by atoms with E-state index in [9.17, 15) is 9.59 Å². The number of benzene rings is 1. The molecule has 0 aliphatic heterocycles. The number of hydrogen-bond acceptors (Lipinski definition) is 5. The van der Waals surface area contributed by atoms with Crippen molar-refractivity contribution in [2.24, 2.45) is 0 Å². The van der Waals surface area contributed by atoms with Gasteiger partial charge in [0, 0.05) is 18.0 Å². The lowest BCUT2D eigenvalue weighted by atomic mass is 10.1. The molecule has 7 heteroatoms. The van der Waals surface area contributed by atoms with Gasteiger partial charge in [0.2, 0.25) is 0 Å². The summed E-state index contributed by atoms with van der Waals surface area (Å²) in [6.45, 7) is 3.60. The SMILES string of the molecule is COc1ccc(C(=O)Nc2cccnc2C)cc1C(=O)Nc1cccnc1C. The number of pyridine rings is 2. The molecule has 3 aromatic rings. The molecule has 1 aromatic carbocycles. The molecule has 0 spiro atoms. The van der Waals surface area contributed by atoms with Gasteiger partial charge in [-0.3, -0.25) is 19.6 Å². The molecule has 0 aliphatic carbocycles. The molecule has 0 saturated heterocycles. The van der Waals surface area contributed by atoms with E-state index in [2.05, 4.69) is 20.6 Å². The highest BCUT2D eigenvalue weighted by molar-refractivity contribution is 6.10. The molecule has 2 amide bonds. The summed E-state index contributed by atoms with van der Waals surface area (Å²) in [5.41, 5.74) is 3.18. The van der Waals surface area contributed by atoms with Gasteiger partial charge in [-0.15, -0.1) is 0 Å². The van der Waals surface area contributed by atoms with E-state index in [1.54, 1.807) is 62.6 Å². The molecular formula is C21H20N4O3. The monoisotopic (exact) mass is 376 g/mol. The van der Waals surface area contributed by atoms with Crippen LogP contribution in [-0.2, 0) is 0 Å². The molecule has 3 rings (SSSR count). The topological polar surface area (TPSA) is 93.2 Å². The summed E-state index contributed by atoms with van der Waals surface area (Å²) in [6, 6.07) is 11.7. The molecule has 0 aliphatic rings. The summed E-state index contributed by atoms with van der Waals surface area (Å²) in [5, 5.41) is 5.61. The van der Waals surface area contributed by atoms with Crippen molar-refractivity contribution in [1.82, 2.24) is 9.97 Å². The van der Waals surface area contributed by atoms with E-state index in [0.717, 1.165) is 0 Å². The van der Waals surface area contributed by atoms with E-state index in [0.29, 0.717) is 34.1 Å². The first-order valence-corrected chi connectivity index (χ1v) is 8.63. The smallest absolute Gasteiger partial charge is 0.259 e. The second-order valence-corrected chi connectivity index (χ2v) is 6.10. The maximum Gasteiger partial charge on any atom is 0.259 e. The van der Waals surface area contributed by atoms with Crippen LogP contribution in [0.2, 0.25) is 0 Å². The van der Waals surface area contributed by atoms with E-state index in [1.807, 2.05) is 0 Å². The fourth-order valence-electron chi connectivity index (χ4n) is 2.64. The number of methoxy groups -OCH3 is 1. The quantitative estimate of drug-likeness (QED) is 0.710. The minimum Gasteiger partial charge on any atom is -0.496 e. The Bertz CT molecular complexity index is 1030. The van der Waals surface area contributed by atoms with Gasteiger partial charge in [0.1, 0.15) is 5.75 Å². The number of anilines is 2. The molecule has 0 bridgehead atoms. The minimum absolute atomic E-state index is 0.251. The molecule has 0 fully saturated rings. The van der Waals surface area contributed by atoms with Crippen LogP contribution in [0.3, 0.4) is 0 Å². The van der Waals surface area contributed by atoms with Crippen LogP contribution < -0.4 is 15.4 Å². The molecule has 0 atom stereocenters. The lowest BCUT2D eigenvalue weighted by molar-refractivity contribution is 0.102. The Balaban J connectivity index is 1.87. The fraction of sp³-hybridized carbons (Fsp3) is 0.143. The maximum atomic E-state index is 12.8. The van der Waals surface area contributed by atoms with Gasteiger partial charge >= 0.3 is 0 Å². The summed E-state index contributed by atoms with van der Waals surface area (Å²) in [6.07, 6.45) is 3.30. The van der Waals surface area contributed by atoms with Crippen LogP contribution in [0.1, 0.15) is 32.1 Å². The number of nitrogens with one attached hydrogen (secondary N) is 2. The Morgan fingerprint density at radius 1 is 0.857 bits per heavy atom. The molecule has 28 heavy (non-hydrogen) atoms. The first-order chi connectivity index (χ1) is 13.5. The highest BCUT2D eigenvalue weighted by atomic mass is 16.5. The molecule has 0 saturated carbocycles. The highest BCUT2D eigenvalue weighted by Gasteiger charge is 2.17. The van der Waals surface area contributed by atoms with E-state index in [4.69, 9.17) is 4.74 Å². The van der Waals surface area contributed by atoms with Crippen molar-refractivity contribution in [3.05, 3.63) is 77.4 Å². The summed E-state index contributed by atoms with van der Waals surface area (Å²) in [4.78, 5) is 33.7. The molecule has 7 nitrogen and oxygen atoms in total. The fourth-order valence-corrected chi connectivity index (χ4v) is 2.64. The van der Waals surface area contributed by atoms with E-state index >= 15 is 0 Å². The Kier molecular flexibility index (Phi) is 5.64. The van der Waals surface area contributed by atoms with Gasteiger partial charge in [-0.1, -0.05) is 0 Å². The third kappa shape index (κ3) is 4.15. The van der Waals surface area contributed by atoms with E-state index in [-0.39, 0.29) is 17.4 Å². The Hall–Kier alpha value is -3.74. The van der Waals surface area contributed by atoms with Crippen molar-refractivity contribution in [1.29, 1.82) is 0 Å². The number of carbonyl (C=O) groups is 2. The number of aryl methyl sites for hydroxylation is 2. The van der Waals surface area contributed by atoms with E-state index in [1.165, 1.54) is 13.2 Å². The van der Waals surface area contributed by atoms with Crippen LogP contribution in [0.25, 0.3) is 0 Å². The lowest BCUT2D eigenvalue weighted by Crippen LogP contribution is -2.17. The van der Waals surface area contributed by atoms with Crippen LogP contribution in [0, 0.1) is 13.8 Å². The molecule has 2 N–H and O–H groups in total. The molecular weight excluding hydrogens is 356 g/mol. The van der Waals surface area contributed by atoms with Crippen molar-refractivity contribution in [3.8, 4) is 5.75 Å².